The van der Waals surface area contributed by atoms with Crippen LogP contribution in [0.25, 0.3) is 0 Å². The van der Waals surface area contributed by atoms with E-state index in [1.165, 1.54) is 12.8 Å². The lowest BCUT2D eigenvalue weighted by atomic mass is 9.99. The maximum absolute atomic E-state index is 9.64. The highest BCUT2D eigenvalue weighted by atomic mass is 79.9. The number of aromatic nitrogens is 3. The van der Waals surface area contributed by atoms with E-state index in [1.807, 2.05) is 25.1 Å². The maximum atomic E-state index is 9.64. The molecule has 0 amide bonds. The Labute approximate surface area is 144 Å². The van der Waals surface area contributed by atoms with Crippen LogP contribution < -0.4 is 5.32 Å². The predicted octanol–water partition coefficient (Wildman–Crippen LogP) is 3.95. The second-order valence-corrected chi connectivity index (χ2v) is 6.65. The molecule has 118 valence electrons. The van der Waals surface area contributed by atoms with Crippen molar-refractivity contribution < 1.29 is 0 Å². The molecule has 0 saturated heterocycles. The minimum absolute atomic E-state index is 0.440. The highest BCUT2D eigenvalue weighted by Gasteiger charge is 2.21. The second-order valence-electron chi connectivity index (χ2n) is 5.83. The van der Waals surface area contributed by atoms with Gasteiger partial charge in [0.05, 0.1) is 17.5 Å². The Balaban J connectivity index is 1.91. The molecule has 0 aromatic carbocycles. The summed E-state index contributed by atoms with van der Waals surface area (Å²) in [4.78, 5) is 13.4. The number of hydrogen-bond acceptors (Lipinski definition) is 5. The van der Waals surface area contributed by atoms with E-state index in [9.17, 15) is 5.26 Å². The van der Waals surface area contributed by atoms with Gasteiger partial charge in [-0.05, 0) is 53.4 Å². The lowest BCUT2D eigenvalue weighted by molar-refractivity contribution is 0.739. The average molecular weight is 372 g/mol. The molecular weight excluding hydrogens is 354 g/mol. The summed E-state index contributed by atoms with van der Waals surface area (Å²) in [5.41, 5.74) is 2.30. The summed E-state index contributed by atoms with van der Waals surface area (Å²) < 4.78 is 0.714. The average Bonchev–Trinajstić information content (AvgIpc) is 3.04. The van der Waals surface area contributed by atoms with Gasteiger partial charge in [-0.25, -0.2) is 15.0 Å². The molecule has 2 aromatic heterocycles. The van der Waals surface area contributed by atoms with Crippen molar-refractivity contribution in [2.24, 2.45) is 0 Å². The quantitative estimate of drug-likeness (QED) is 0.823. The van der Waals surface area contributed by atoms with Crippen LogP contribution in [0.5, 0.6) is 0 Å². The SMILES string of the molecule is Cc1cnc(NC2CCCC2)nc1C(C#N)c1cccc(Br)n1. The van der Waals surface area contributed by atoms with Crippen molar-refractivity contribution in [3.05, 3.63) is 46.0 Å². The van der Waals surface area contributed by atoms with Gasteiger partial charge in [-0.15, -0.1) is 0 Å². The van der Waals surface area contributed by atoms with Crippen LogP contribution in [0.2, 0.25) is 0 Å². The van der Waals surface area contributed by atoms with Crippen LogP contribution in [-0.2, 0) is 0 Å². The molecule has 1 saturated carbocycles. The van der Waals surface area contributed by atoms with E-state index < -0.39 is 5.92 Å². The highest BCUT2D eigenvalue weighted by Crippen LogP contribution is 2.26. The molecule has 1 unspecified atom stereocenters. The summed E-state index contributed by atoms with van der Waals surface area (Å²) in [5, 5.41) is 13.0. The summed E-state index contributed by atoms with van der Waals surface area (Å²) in [6.45, 7) is 1.93. The molecule has 3 rings (SSSR count). The Morgan fingerprint density at radius 1 is 1.30 bits per heavy atom. The van der Waals surface area contributed by atoms with Crippen molar-refractivity contribution in [3.63, 3.8) is 0 Å². The first kappa shape index (κ1) is 15.9. The van der Waals surface area contributed by atoms with E-state index in [1.54, 1.807) is 6.20 Å². The number of halogens is 1. The van der Waals surface area contributed by atoms with Crippen molar-refractivity contribution >= 4 is 21.9 Å². The zero-order valence-corrected chi connectivity index (χ0v) is 14.5. The largest absolute Gasteiger partial charge is 0.351 e. The molecule has 0 aliphatic heterocycles. The molecule has 2 aromatic rings. The number of aryl methyl sites for hydroxylation is 1. The van der Waals surface area contributed by atoms with Crippen LogP contribution in [0.4, 0.5) is 5.95 Å². The smallest absolute Gasteiger partial charge is 0.223 e. The van der Waals surface area contributed by atoms with Crippen LogP contribution in [0.3, 0.4) is 0 Å². The molecule has 2 heterocycles. The molecule has 6 heteroatoms. The van der Waals surface area contributed by atoms with Crippen LogP contribution in [0.15, 0.2) is 29.0 Å². The van der Waals surface area contributed by atoms with Gasteiger partial charge < -0.3 is 5.32 Å². The van der Waals surface area contributed by atoms with Crippen LogP contribution in [-0.4, -0.2) is 21.0 Å². The minimum atomic E-state index is -0.500. The molecule has 0 radical (unpaired) electrons. The number of nitrogens with one attached hydrogen (secondary N) is 1. The van der Waals surface area contributed by atoms with E-state index in [2.05, 4.69) is 42.3 Å². The topological polar surface area (TPSA) is 74.5 Å². The third-order valence-corrected chi connectivity index (χ3v) is 4.58. The number of hydrogen-bond donors (Lipinski definition) is 1. The van der Waals surface area contributed by atoms with Crippen LogP contribution in [0, 0.1) is 18.3 Å². The third-order valence-electron chi connectivity index (χ3n) is 4.13. The summed E-state index contributed by atoms with van der Waals surface area (Å²) in [5.74, 6) is 0.104. The Kier molecular flexibility index (Phi) is 4.87. The Hall–Kier alpha value is -2.00. The van der Waals surface area contributed by atoms with Gasteiger partial charge in [0.1, 0.15) is 10.5 Å². The van der Waals surface area contributed by atoms with E-state index >= 15 is 0 Å². The monoisotopic (exact) mass is 371 g/mol. The minimum Gasteiger partial charge on any atom is -0.351 e. The molecule has 23 heavy (non-hydrogen) atoms. The van der Waals surface area contributed by atoms with Crippen LogP contribution in [0.1, 0.15) is 48.6 Å². The van der Waals surface area contributed by atoms with Gasteiger partial charge in [0.25, 0.3) is 0 Å². The molecule has 1 fully saturated rings. The lowest BCUT2D eigenvalue weighted by Gasteiger charge is -2.15. The molecule has 0 bridgehead atoms. The number of rotatable bonds is 4. The van der Waals surface area contributed by atoms with Crippen molar-refractivity contribution in [2.45, 2.75) is 44.6 Å². The van der Waals surface area contributed by atoms with Crippen molar-refractivity contribution in [1.29, 1.82) is 5.26 Å². The fourth-order valence-electron chi connectivity index (χ4n) is 2.92. The Morgan fingerprint density at radius 2 is 2.09 bits per heavy atom. The first-order valence-electron chi connectivity index (χ1n) is 7.79. The van der Waals surface area contributed by atoms with Gasteiger partial charge in [0, 0.05) is 12.2 Å². The number of pyridine rings is 1. The summed E-state index contributed by atoms with van der Waals surface area (Å²) >= 11 is 3.36. The maximum Gasteiger partial charge on any atom is 0.223 e. The Morgan fingerprint density at radius 3 is 2.78 bits per heavy atom. The predicted molar refractivity (Wildman–Crippen MR) is 92.0 cm³/mol. The fourth-order valence-corrected chi connectivity index (χ4v) is 3.28. The van der Waals surface area contributed by atoms with Crippen molar-refractivity contribution in [1.82, 2.24) is 15.0 Å². The van der Waals surface area contributed by atoms with Crippen molar-refractivity contribution in [3.8, 4) is 6.07 Å². The zero-order valence-electron chi connectivity index (χ0n) is 13.0. The molecule has 1 atom stereocenters. The summed E-state index contributed by atoms with van der Waals surface area (Å²) in [6, 6.07) is 8.34. The molecule has 0 spiro atoms. The zero-order chi connectivity index (χ0) is 16.2. The van der Waals surface area contributed by atoms with Crippen LogP contribution >= 0.6 is 15.9 Å². The molecule has 5 nitrogen and oxygen atoms in total. The first-order valence-corrected chi connectivity index (χ1v) is 8.59. The Bertz CT molecular complexity index is 734. The summed E-state index contributed by atoms with van der Waals surface area (Å²) in [6.07, 6.45) is 6.59. The van der Waals surface area contributed by atoms with Gasteiger partial charge in [-0.2, -0.15) is 5.26 Å². The fraction of sp³-hybridized carbons (Fsp3) is 0.412. The lowest BCUT2D eigenvalue weighted by Crippen LogP contribution is -2.18. The van der Waals surface area contributed by atoms with Gasteiger partial charge in [0.15, 0.2) is 0 Å². The van der Waals surface area contributed by atoms with E-state index in [0.717, 1.165) is 18.4 Å². The number of nitrogens with zero attached hydrogens (tertiary/aromatic N) is 4. The number of nitriles is 1. The van der Waals surface area contributed by atoms with Crippen molar-refractivity contribution in [2.75, 3.05) is 5.32 Å². The highest BCUT2D eigenvalue weighted by molar-refractivity contribution is 9.10. The third kappa shape index (κ3) is 3.67. The summed E-state index contributed by atoms with van der Waals surface area (Å²) in [7, 11) is 0. The van der Waals surface area contributed by atoms with E-state index in [4.69, 9.17) is 0 Å². The van der Waals surface area contributed by atoms with Gasteiger partial charge >= 0.3 is 0 Å². The van der Waals surface area contributed by atoms with Gasteiger partial charge in [-0.3, -0.25) is 0 Å². The van der Waals surface area contributed by atoms with Gasteiger partial charge in [-0.1, -0.05) is 18.9 Å². The molecule has 1 N–H and O–H groups in total. The molecule has 1 aliphatic rings. The van der Waals surface area contributed by atoms with E-state index in [-0.39, 0.29) is 0 Å². The molecule has 1 aliphatic carbocycles. The van der Waals surface area contributed by atoms with Gasteiger partial charge in [0.2, 0.25) is 5.95 Å². The van der Waals surface area contributed by atoms with E-state index in [0.29, 0.717) is 28.0 Å². The standard InChI is InChI=1S/C17H18BrN5/c1-11-10-20-17(21-12-5-2-3-6-12)23-16(11)13(9-19)14-7-4-8-15(18)22-14/h4,7-8,10,12-13H,2-3,5-6H2,1H3,(H,20,21,23). The number of anilines is 1. The normalized spacial score (nSPS) is 16.0. The second kappa shape index (κ2) is 7.05. The molecular formula is C17H18BrN5. The first-order chi connectivity index (χ1) is 11.2.